The molecular weight excluding hydrogens is 845 g/mol. The molecule has 0 amide bonds. The van der Waals surface area contributed by atoms with Gasteiger partial charge in [0.2, 0.25) is 0 Å². The average molecular weight is 927 g/mol. The lowest BCUT2D eigenvalue weighted by Crippen LogP contribution is -2.42. The normalized spacial score (nSPS) is 23.9. The molecular formula is C68H82N2. The summed E-state index contributed by atoms with van der Waals surface area (Å²) in [6, 6.07) is 53.4. The summed E-state index contributed by atoms with van der Waals surface area (Å²) in [6.45, 7) is 23.7. The molecule has 0 aromatic heterocycles. The lowest BCUT2D eigenvalue weighted by atomic mass is 9.54. The maximum absolute atomic E-state index is 2.72. The van der Waals surface area contributed by atoms with Gasteiger partial charge in [-0.1, -0.05) is 159 Å². The first kappa shape index (κ1) is 48.3. The Hall–Kier alpha value is -5.34. The second-order valence-electron chi connectivity index (χ2n) is 24.0. The van der Waals surface area contributed by atoms with Crippen LogP contribution in [-0.2, 0) is 5.41 Å². The Bertz CT molecular complexity index is 2880. The second kappa shape index (κ2) is 20.0. The second-order valence-corrected chi connectivity index (χ2v) is 24.0. The van der Waals surface area contributed by atoms with Gasteiger partial charge in [-0.2, -0.15) is 0 Å². The lowest BCUT2D eigenvalue weighted by molar-refractivity contribution is 0.0781. The number of hydrogen-bond donors (Lipinski definition) is 0. The van der Waals surface area contributed by atoms with Gasteiger partial charge >= 0.3 is 0 Å². The molecule has 2 nitrogen and oxygen atoms in total. The monoisotopic (exact) mass is 927 g/mol. The van der Waals surface area contributed by atoms with Crippen LogP contribution in [0.15, 0.2) is 133 Å². The number of rotatable bonds is 11. The van der Waals surface area contributed by atoms with E-state index < -0.39 is 0 Å². The number of benzene rings is 7. The van der Waals surface area contributed by atoms with Crippen molar-refractivity contribution in [1.29, 1.82) is 0 Å². The maximum Gasteiger partial charge on any atom is 0.0620 e. The van der Waals surface area contributed by atoms with Gasteiger partial charge in [-0.05, 0) is 201 Å². The van der Waals surface area contributed by atoms with E-state index in [1.54, 1.807) is 5.56 Å². The fourth-order valence-electron chi connectivity index (χ4n) is 14.3. The van der Waals surface area contributed by atoms with Gasteiger partial charge in [-0.3, -0.25) is 0 Å². The van der Waals surface area contributed by atoms with Crippen LogP contribution in [0.25, 0.3) is 21.5 Å². The summed E-state index contributed by atoms with van der Waals surface area (Å²) >= 11 is 0. The first-order valence-electron chi connectivity index (χ1n) is 27.7. The van der Waals surface area contributed by atoms with E-state index in [1.165, 1.54) is 154 Å². The summed E-state index contributed by atoms with van der Waals surface area (Å²) in [5.74, 6) is 5.23. The molecule has 70 heavy (non-hydrogen) atoms. The van der Waals surface area contributed by atoms with E-state index in [-0.39, 0.29) is 5.41 Å². The predicted octanol–water partition coefficient (Wildman–Crippen LogP) is 20.6. The van der Waals surface area contributed by atoms with Crippen LogP contribution >= 0.6 is 0 Å². The molecule has 0 radical (unpaired) electrons. The van der Waals surface area contributed by atoms with Gasteiger partial charge in [0.1, 0.15) is 0 Å². The molecule has 0 aliphatic heterocycles. The van der Waals surface area contributed by atoms with Crippen molar-refractivity contribution in [3.8, 4) is 0 Å². The highest BCUT2D eigenvalue weighted by Gasteiger charge is 2.45. The largest absolute Gasteiger partial charge is 0.309 e. The Labute approximate surface area is 422 Å². The first-order valence-corrected chi connectivity index (χ1v) is 27.7. The third-order valence-electron chi connectivity index (χ3n) is 17.6. The van der Waals surface area contributed by atoms with Crippen molar-refractivity contribution in [2.24, 2.45) is 29.6 Å². The summed E-state index contributed by atoms with van der Waals surface area (Å²) in [5.41, 5.74) is 15.9. The fraction of sp³-hybridized carbons (Fsp3) is 0.441. The smallest absolute Gasteiger partial charge is 0.0620 e. The molecule has 7 aromatic carbocycles. The number of hydrogen-bond acceptors (Lipinski definition) is 2. The van der Waals surface area contributed by atoms with Crippen molar-refractivity contribution in [2.75, 3.05) is 9.80 Å². The topological polar surface area (TPSA) is 6.48 Å². The zero-order valence-electron chi connectivity index (χ0n) is 44.5. The number of nitrogens with zero attached hydrogens (tertiary/aromatic N) is 2. The van der Waals surface area contributed by atoms with E-state index >= 15 is 0 Å². The standard InChI is InChI=1S/C68H82N2/c1-11-51-13-12-14-55(38-48(8)35-51)56-23-33-62-64(39-56)66(69(58-25-15-46(6)16-26-58)60-29-19-53(20-30-60)44(2)3)63-34-24-57(68-41-49(9)36-52(43-68)37-50(10)42-68)40-65(63)67(62)70(59-27-17-47(7)18-28-59)61-31-21-54(22-32-61)45(4)5/h15-34,39-40,44-45,48-52,55H,11-14,35-38,41-43H2,1-10H3. The molecule has 10 rings (SSSR count). The van der Waals surface area contributed by atoms with Crippen molar-refractivity contribution in [2.45, 2.75) is 163 Å². The molecule has 7 aromatic rings. The third-order valence-corrected chi connectivity index (χ3v) is 17.6. The van der Waals surface area contributed by atoms with Gasteiger partial charge in [0, 0.05) is 44.3 Å². The van der Waals surface area contributed by atoms with Crippen LogP contribution < -0.4 is 9.80 Å². The van der Waals surface area contributed by atoms with Gasteiger partial charge in [-0.15, -0.1) is 0 Å². The Morgan fingerprint density at radius 1 is 0.486 bits per heavy atom. The van der Waals surface area contributed by atoms with Crippen LogP contribution in [0.2, 0.25) is 0 Å². The highest BCUT2D eigenvalue weighted by atomic mass is 15.2. The lowest BCUT2D eigenvalue weighted by Gasteiger charge is -2.50. The SMILES string of the molecule is CCC1CCCC(c2ccc3c(N(c4ccc(C)cc4)c4ccc(C(C)C)cc4)c4cc(C56CC(C)CC(CC(C)C5)C6)ccc4c(N(c4ccc(C)cc4)c4ccc(C(C)C)cc4)c3c2)CC(C)C1. The van der Waals surface area contributed by atoms with Crippen molar-refractivity contribution in [1.82, 2.24) is 0 Å². The van der Waals surface area contributed by atoms with Crippen LogP contribution in [-0.4, -0.2) is 0 Å². The summed E-state index contributed by atoms with van der Waals surface area (Å²) < 4.78 is 0. The molecule has 0 spiro atoms. The molecule has 3 aliphatic rings. The quantitative estimate of drug-likeness (QED) is 0.0942. The number of aryl methyl sites for hydroxylation is 2. The third kappa shape index (κ3) is 9.58. The van der Waals surface area contributed by atoms with Gasteiger partial charge in [-0.25, -0.2) is 0 Å². The van der Waals surface area contributed by atoms with Gasteiger partial charge < -0.3 is 9.80 Å². The minimum absolute atomic E-state index is 0.174. The zero-order valence-corrected chi connectivity index (χ0v) is 44.5. The first-order chi connectivity index (χ1) is 33.8. The van der Waals surface area contributed by atoms with Gasteiger partial charge in [0.25, 0.3) is 0 Å². The molecule has 3 aliphatic carbocycles. The highest BCUT2D eigenvalue weighted by molar-refractivity contribution is 6.23. The Balaban J connectivity index is 1.33. The molecule has 364 valence electrons. The van der Waals surface area contributed by atoms with Crippen molar-refractivity contribution >= 4 is 55.7 Å². The van der Waals surface area contributed by atoms with Gasteiger partial charge in [0.15, 0.2) is 0 Å². The van der Waals surface area contributed by atoms with Crippen LogP contribution in [0.5, 0.6) is 0 Å². The van der Waals surface area contributed by atoms with E-state index in [0.717, 1.165) is 23.7 Å². The summed E-state index contributed by atoms with van der Waals surface area (Å²) in [4.78, 5) is 5.26. The van der Waals surface area contributed by atoms with E-state index in [4.69, 9.17) is 0 Å². The fourth-order valence-corrected chi connectivity index (χ4v) is 14.3. The van der Waals surface area contributed by atoms with Crippen LogP contribution in [0, 0.1) is 43.4 Å². The van der Waals surface area contributed by atoms with E-state index in [9.17, 15) is 0 Å². The molecule has 0 saturated heterocycles. The Kier molecular flexibility index (Phi) is 13.8. The van der Waals surface area contributed by atoms with Crippen LogP contribution in [0.1, 0.15) is 177 Å². The minimum atomic E-state index is 0.174. The average Bonchev–Trinajstić information content (AvgIpc) is 3.33. The maximum atomic E-state index is 2.72. The summed E-state index contributed by atoms with van der Waals surface area (Å²) in [5, 5.41) is 5.28. The van der Waals surface area contributed by atoms with E-state index in [0.29, 0.717) is 23.7 Å². The minimum Gasteiger partial charge on any atom is -0.309 e. The predicted molar refractivity (Wildman–Crippen MR) is 304 cm³/mol. The van der Waals surface area contributed by atoms with Crippen molar-refractivity contribution < 1.29 is 0 Å². The van der Waals surface area contributed by atoms with Crippen molar-refractivity contribution in [3.05, 3.63) is 167 Å². The zero-order chi connectivity index (χ0) is 48.8. The molecule has 3 saturated carbocycles. The van der Waals surface area contributed by atoms with Crippen LogP contribution in [0.3, 0.4) is 0 Å². The number of anilines is 6. The van der Waals surface area contributed by atoms with E-state index in [2.05, 4.69) is 212 Å². The molecule has 2 heteroatoms. The van der Waals surface area contributed by atoms with Crippen LogP contribution in [0.4, 0.5) is 34.1 Å². The molecule has 5 unspecified atom stereocenters. The number of fused-ring (bicyclic) bond motifs is 4. The molecule has 0 N–H and O–H groups in total. The molecule has 2 bridgehead atoms. The molecule has 3 fully saturated rings. The van der Waals surface area contributed by atoms with Gasteiger partial charge in [0.05, 0.1) is 11.4 Å². The Morgan fingerprint density at radius 2 is 0.957 bits per heavy atom. The Morgan fingerprint density at radius 3 is 1.44 bits per heavy atom. The summed E-state index contributed by atoms with van der Waals surface area (Å²) in [7, 11) is 0. The molecule has 5 atom stereocenters. The molecule has 0 heterocycles. The highest BCUT2D eigenvalue weighted by Crippen LogP contribution is 2.57. The summed E-state index contributed by atoms with van der Waals surface area (Å²) in [6.07, 6.45) is 14.4. The van der Waals surface area contributed by atoms with Crippen molar-refractivity contribution in [3.63, 3.8) is 0 Å². The van der Waals surface area contributed by atoms with E-state index in [1.807, 2.05) is 0 Å².